The van der Waals surface area contributed by atoms with Crippen LogP contribution < -0.4 is 19.5 Å². The fraction of sp³-hybridized carbons (Fsp3) is 0.458. The number of benzene rings is 2. The zero-order valence-electron chi connectivity index (χ0n) is 18.7. The van der Waals surface area contributed by atoms with Gasteiger partial charge in [-0.15, -0.1) is 0 Å². The molecule has 0 spiro atoms. The third-order valence-corrected chi connectivity index (χ3v) is 5.28. The molecule has 0 radical (unpaired) electrons. The van der Waals surface area contributed by atoms with Crippen molar-refractivity contribution >= 4 is 5.91 Å². The van der Waals surface area contributed by atoms with Crippen LogP contribution in [0.4, 0.5) is 0 Å². The first-order chi connectivity index (χ1) is 14.5. The standard InChI is InChI=1S/C24H34N2O4/c1-6-26(7-2)23(19-9-8-10-20(15-19)28-3)17-25-24(27)12-11-18-13-21(29-4)16-22(14-18)30-5/h8-10,13-16,23H,6-7,11-12,17H2,1-5H3,(H,25,27)/t23-/m1/s1. The average Bonchev–Trinajstić information content (AvgIpc) is 2.80. The minimum atomic E-state index is 0.0249. The molecule has 0 saturated carbocycles. The number of amides is 1. The Balaban J connectivity index is 2.01. The summed E-state index contributed by atoms with van der Waals surface area (Å²) in [5, 5.41) is 3.11. The number of hydrogen-bond donors (Lipinski definition) is 1. The molecule has 0 aliphatic carbocycles. The monoisotopic (exact) mass is 414 g/mol. The topological polar surface area (TPSA) is 60.0 Å². The number of ether oxygens (including phenoxy) is 3. The summed E-state index contributed by atoms with van der Waals surface area (Å²) >= 11 is 0. The van der Waals surface area contributed by atoms with Crippen molar-refractivity contribution in [2.24, 2.45) is 0 Å². The Labute approximate surface area is 180 Å². The predicted molar refractivity (Wildman–Crippen MR) is 120 cm³/mol. The molecule has 0 fully saturated rings. The molecule has 0 heterocycles. The van der Waals surface area contributed by atoms with Gasteiger partial charge in [0.1, 0.15) is 17.2 Å². The van der Waals surface area contributed by atoms with Gasteiger partial charge < -0.3 is 19.5 Å². The largest absolute Gasteiger partial charge is 0.497 e. The molecular weight excluding hydrogens is 380 g/mol. The van der Waals surface area contributed by atoms with Crippen molar-refractivity contribution < 1.29 is 19.0 Å². The molecule has 0 bridgehead atoms. The molecule has 1 atom stereocenters. The van der Waals surface area contributed by atoms with Gasteiger partial charge in [-0.2, -0.15) is 0 Å². The van der Waals surface area contributed by atoms with Crippen LogP contribution in [0.2, 0.25) is 0 Å². The first-order valence-electron chi connectivity index (χ1n) is 10.4. The molecule has 1 N–H and O–H groups in total. The van der Waals surface area contributed by atoms with Crippen LogP contribution >= 0.6 is 0 Å². The second-order valence-corrected chi connectivity index (χ2v) is 7.04. The smallest absolute Gasteiger partial charge is 0.220 e. The summed E-state index contributed by atoms with van der Waals surface area (Å²) in [6.07, 6.45) is 1.02. The maximum Gasteiger partial charge on any atom is 0.220 e. The van der Waals surface area contributed by atoms with Gasteiger partial charge in [0.05, 0.1) is 27.4 Å². The van der Waals surface area contributed by atoms with Crippen LogP contribution in [-0.2, 0) is 11.2 Å². The Morgan fingerprint density at radius 2 is 1.57 bits per heavy atom. The number of nitrogens with zero attached hydrogens (tertiary/aromatic N) is 1. The van der Waals surface area contributed by atoms with Gasteiger partial charge in [-0.3, -0.25) is 9.69 Å². The summed E-state index contributed by atoms with van der Waals surface area (Å²) in [6.45, 7) is 6.62. The van der Waals surface area contributed by atoms with Crippen molar-refractivity contribution in [1.82, 2.24) is 10.2 Å². The normalized spacial score (nSPS) is 11.8. The van der Waals surface area contributed by atoms with Crippen LogP contribution in [-0.4, -0.2) is 51.8 Å². The number of aryl methyl sites for hydroxylation is 1. The van der Waals surface area contributed by atoms with Crippen LogP contribution in [0.25, 0.3) is 0 Å². The van der Waals surface area contributed by atoms with Crippen molar-refractivity contribution in [3.63, 3.8) is 0 Å². The minimum absolute atomic E-state index is 0.0249. The zero-order valence-corrected chi connectivity index (χ0v) is 18.7. The molecule has 0 aromatic heterocycles. The summed E-state index contributed by atoms with van der Waals surface area (Å²) in [4.78, 5) is 14.9. The van der Waals surface area contributed by atoms with Gasteiger partial charge >= 0.3 is 0 Å². The maximum absolute atomic E-state index is 12.6. The molecule has 2 rings (SSSR count). The fourth-order valence-corrected chi connectivity index (χ4v) is 3.54. The summed E-state index contributed by atoms with van der Waals surface area (Å²) in [7, 11) is 4.91. The summed E-state index contributed by atoms with van der Waals surface area (Å²) in [5.74, 6) is 2.30. The second kappa shape index (κ2) is 12.1. The van der Waals surface area contributed by atoms with Gasteiger partial charge in [0, 0.05) is 19.0 Å². The van der Waals surface area contributed by atoms with E-state index in [1.165, 1.54) is 0 Å². The lowest BCUT2D eigenvalue weighted by atomic mass is 10.0. The van der Waals surface area contributed by atoms with Gasteiger partial charge in [0.15, 0.2) is 0 Å². The zero-order chi connectivity index (χ0) is 21.9. The molecule has 0 aliphatic rings. The van der Waals surface area contributed by atoms with E-state index in [0.29, 0.717) is 19.4 Å². The highest BCUT2D eigenvalue weighted by Gasteiger charge is 2.19. The minimum Gasteiger partial charge on any atom is -0.497 e. The van der Waals surface area contributed by atoms with Crippen molar-refractivity contribution in [3.8, 4) is 17.2 Å². The molecule has 164 valence electrons. The van der Waals surface area contributed by atoms with Gasteiger partial charge in [-0.1, -0.05) is 26.0 Å². The molecule has 0 aliphatic heterocycles. The lowest BCUT2D eigenvalue weighted by molar-refractivity contribution is -0.121. The van der Waals surface area contributed by atoms with Gasteiger partial charge in [0.2, 0.25) is 5.91 Å². The Morgan fingerprint density at radius 1 is 0.933 bits per heavy atom. The van der Waals surface area contributed by atoms with Gasteiger partial charge in [-0.25, -0.2) is 0 Å². The maximum atomic E-state index is 12.6. The molecule has 6 heteroatoms. The molecule has 6 nitrogen and oxygen atoms in total. The van der Waals surface area contributed by atoms with Crippen LogP contribution in [0.1, 0.15) is 37.4 Å². The lowest BCUT2D eigenvalue weighted by Crippen LogP contribution is -2.38. The molecule has 1 amide bonds. The van der Waals surface area contributed by atoms with E-state index in [9.17, 15) is 4.79 Å². The first-order valence-corrected chi connectivity index (χ1v) is 10.4. The van der Waals surface area contributed by atoms with E-state index in [0.717, 1.165) is 41.5 Å². The Morgan fingerprint density at radius 3 is 2.13 bits per heavy atom. The van der Waals surface area contributed by atoms with E-state index in [2.05, 4.69) is 30.1 Å². The van der Waals surface area contributed by atoms with Crippen LogP contribution in [0.3, 0.4) is 0 Å². The van der Waals surface area contributed by atoms with Crippen molar-refractivity contribution in [2.75, 3.05) is 41.0 Å². The molecular formula is C24H34N2O4. The third kappa shape index (κ3) is 6.66. The van der Waals surface area contributed by atoms with Crippen molar-refractivity contribution in [3.05, 3.63) is 53.6 Å². The highest BCUT2D eigenvalue weighted by molar-refractivity contribution is 5.76. The van der Waals surface area contributed by atoms with Crippen molar-refractivity contribution in [2.45, 2.75) is 32.7 Å². The molecule has 2 aromatic rings. The average molecular weight is 415 g/mol. The number of carbonyl (C=O) groups is 1. The Hall–Kier alpha value is -2.73. The number of nitrogens with one attached hydrogen (secondary N) is 1. The molecule has 0 unspecified atom stereocenters. The number of hydrogen-bond acceptors (Lipinski definition) is 5. The lowest BCUT2D eigenvalue weighted by Gasteiger charge is -2.30. The summed E-state index contributed by atoms with van der Waals surface area (Å²) < 4.78 is 16.0. The molecule has 2 aromatic carbocycles. The summed E-state index contributed by atoms with van der Waals surface area (Å²) in [5.41, 5.74) is 2.14. The van der Waals surface area contributed by atoms with E-state index in [4.69, 9.17) is 14.2 Å². The van der Waals surface area contributed by atoms with Crippen LogP contribution in [0, 0.1) is 0 Å². The molecule has 30 heavy (non-hydrogen) atoms. The second-order valence-electron chi connectivity index (χ2n) is 7.04. The quantitative estimate of drug-likeness (QED) is 0.572. The highest BCUT2D eigenvalue weighted by Crippen LogP contribution is 2.25. The van der Waals surface area contributed by atoms with E-state index < -0.39 is 0 Å². The predicted octanol–water partition coefficient (Wildman–Crippen LogP) is 3.84. The Kier molecular flexibility index (Phi) is 9.48. The third-order valence-electron chi connectivity index (χ3n) is 5.28. The molecule has 0 saturated heterocycles. The number of rotatable bonds is 12. The fourth-order valence-electron chi connectivity index (χ4n) is 3.54. The highest BCUT2D eigenvalue weighted by atomic mass is 16.5. The van der Waals surface area contributed by atoms with E-state index >= 15 is 0 Å². The van der Waals surface area contributed by atoms with Crippen molar-refractivity contribution in [1.29, 1.82) is 0 Å². The van der Waals surface area contributed by atoms with Gasteiger partial charge in [0.25, 0.3) is 0 Å². The van der Waals surface area contributed by atoms with E-state index in [1.807, 2.05) is 36.4 Å². The number of likely N-dealkylation sites (N-methyl/N-ethyl adjacent to an activating group) is 1. The SMILES string of the molecule is CCN(CC)[C@H](CNC(=O)CCc1cc(OC)cc(OC)c1)c1cccc(OC)c1. The van der Waals surface area contributed by atoms with Crippen LogP contribution in [0.5, 0.6) is 17.2 Å². The Bertz CT molecular complexity index is 783. The number of methoxy groups -OCH3 is 3. The van der Waals surface area contributed by atoms with E-state index in [1.54, 1.807) is 21.3 Å². The first kappa shape index (κ1) is 23.5. The summed E-state index contributed by atoms with van der Waals surface area (Å²) in [6, 6.07) is 13.8. The van der Waals surface area contributed by atoms with E-state index in [-0.39, 0.29) is 11.9 Å². The van der Waals surface area contributed by atoms with Gasteiger partial charge in [-0.05, 0) is 54.9 Å². The van der Waals surface area contributed by atoms with Crippen LogP contribution in [0.15, 0.2) is 42.5 Å². The number of carbonyl (C=O) groups excluding carboxylic acids is 1.